The van der Waals surface area contributed by atoms with Crippen LogP contribution in [0.1, 0.15) is 51.2 Å². The Labute approximate surface area is 225 Å². The number of benzene rings is 1. The average molecular weight is 528 g/mol. The minimum absolute atomic E-state index is 0.00262. The van der Waals surface area contributed by atoms with Crippen LogP contribution in [0, 0.1) is 12.3 Å². The van der Waals surface area contributed by atoms with E-state index in [0.717, 1.165) is 30.0 Å². The van der Waals surface area contributed by atoms with Gasteiger partial charge in [0, 0.05) is 30.6 Å². The van der Waals surface area contributed by atoms with Crippen molar-refractivity contribution >= 4 is 11.7 Å². The molecule has 0 saturated carbocycles. The summed E-state index contributed by atoms with van der Waals surface area (Å²) >= 11 is 0. The molecule has 2 aromatic rings. The number of carbonyl (C=O) groups is 1. The van der Waals surface area contributed by atoms with Crippen molar-refractivity contribution in [1.29, 1.82) is 0 Å². The van der Waals surface area contributed by atoms with Crippen LogP contribution in [0.4, 0.5) is 5.82 Å². The number of methoxy groups -OCH3 is 1. The molecule has 1 aromatic carbocycles. The van der Waals surface area contributed by atoms with Gasteiger partial charge in [0.15, 0.2) is 17.3 Å². The summed E-state index contributed by atoms with van der Waals surface area (Å²) in [6.45, 7) is 11.4. The third-order valence-electron chi connectivity index (χ3n) is 7.76. The first-order valence-corrected chi connectivity index (χ1v) is 13.2. The Morgan fingerprint density at radius 2 is 1.95 bits per heavy atom. The van der Waals surface area contributed by atoms with Crippen LogP contribution in [-0.2, 0) is 9.53 Å². The molecule has 2 aliphatic heterocycles. The molecule has 0 radical (unpaired) electrons. The molecule has 2 saturated heterocycles. The Morgan fingerprint density at radius 3 is 2.55 bits per heavy atom. The van der Waals surface area contributed by atoms with Gasteiger partial charge in [-0.15, -0.1) is 0 Å². The van der Waals surface area contributed by atoms with Gasteiger partial charge in [0.25, 0.3) is 0 Å². The maximum atomic E-state index is 13.0. The molecule has 2 N–H and O–H groups in total. The van der Waals surface area contributed by atoms with E-state index in [1.807, 2.05) is 44.3 Å². The molecule has 3 unspecified atom stereocenters. The molecule has 38 heavy (non-hydrogen) atoms. The Morgan fingerprint density at radius 1 is 1.21 bits per heavy atom. The fraction of sp³-hybridized carbons (Fsp3) is 0.586. The number of nitrogens with zero attached hydrogens (tertiary/aromatic N) is 3. The minimum Gasteiger partial charge on any atom is -0.493 e. The highest BCUT2D eigenvalue weighted by Gasteiger charge is 2.48. The van der Waals surface area contributed by atoms with Crippen molar-refractivity contribution in [2.75, 3.05) is 44.8 Å². The third-order valence-corrected chi connectivity index (χ3v) is 7.76. The Bertz CT molecular complexity index is 1110. The second kappa shape index (κ2) is 11.1. The summed E-state index contributed by atoms with van der Waals surface area (Å²) in [6, 6.07) is 9.95. The normalized spacial score (nSPS) is 22.8. The third kappa shape index (κ3) is 6.22. The lowest BCUT2D eigenvalue weighted by atomic mass is 9.72. The predicted molar refractivity (Wildman–Crippen MR) is 145 cm³/mol. The van der Waals surface area contributed by atoms with Crippen LogP contribution in [0.5, 0.6) is 11.5 Å². The number of hydrogen-bond donors (Lipinski definition) is 2. The van der Waals surface area contributed by atoms with Gasteiger partial charge < -0.3 is 34.2 Å². The number of pyridine rings is 1. The van der Waals surface area contributed by atoms with Crippen LogP contribution in [0.3, 0.4) is 0 Å². The summed E-state index contributed by atoms with van der Waals surface area (Å²) in [5.74, 6) is 0.803. The topological polar surface area (TPSA) is 105 Å². The van der Waals surface area contributed by atoms with E-state index < -0.39 is 17.3 Å². The number of amides is 1. The van der Waals surface area contributed by atoms with Gasteiger partial charge in [0.2, 0.25) is 5.91 Å². The number of aliphatic hydroxyl groups is 2. The van der Waals surface area contributed by atoms with Crippen molar-refractivity contribution in [3.05, 3.63) is 47.7 Å². The number of aromatic nitrogens is 1. The van der Waals surface area contributed by atoms with Gasteiger partial charge in [-0.05, 0) is 57.0 Å². The molecule has 0 spiro atoms. The van der Waals surface area contributed by atoms with Crippen molar-refractivity contribution in [3.8, 4) is 11.5 Å². The fourth-order valence-corrected chi connectivity index (χ4v) is 5.19. The van der Waals surface area contributed by atoms with Crippen molar-refractivity contribution in [2.45, 2.75) is 65.0 Å². The molecule has 1 aromatic heterocycles. The Kier molecular flexibility index (Phi) is 8.20. The van der Waals surface area contributed by atoms with Crippen LogP contribution < -0.4 is 14.4 Å². The van der Waals surface area contributed by atoms with Crippen LogP contribution >= 0.6 is 0 Å². The predicted octanol–water partition coefficient (Wildman–Crippen LogP) is 3.11. The van der Waals surface area contributed by atoms with Crippen LogP contribution in [0.15, 0.2) is 36.5 Å². The Balaban J connectivity index is 1.46. The molecule has 9 nitrogen and oxygen atoms in total. The maximum Gasteiger partial charge on any atom is 0.224 e. The largest absolute Gasteiger partial charge is 0.493 e. The van der Waals surface area contributed by atoms with Crippen molar-refractivity contribution < 1.29 is 29.2 Å². The molecule has 2 aliphatic rings. The van der Waals surface area contributed by atoms with E-state index in [2.05, 4.69) is 16.0 Å². The lowest BCUT2D eigenvalue weighted by molar-refractivity contribution is -0.178. The van der Waals surface area contributed by atoms with E-state index in [1.165, 1.54) is 13.8 Å². The number of carbonyl (C=O) groups excluding carboxylic acids is 1. The second-order valence-electron chi connectivity index (χ2n) is 11.3. The van der Waals surface area contributed by atoms with Crippen molar-refractivity contribution in [2.24, 2.45) is 5.41 Å². The summed E-state index contributed by atoms with van der Waals surface area (Å²) in [5.41, 5.74) is 1.58. The first-order chi connectivity index (χ1) is 17.9. The summed E-state index contributed by atoms with van der Waals surface area (Å²) in [6.07, 6.45) is 1.40. The highest BCUT2D eigenvalue weighted by Crippen LogP contribution is 2.47. The lowest BCUT2D eigenvalue weighted by Gasteiger charge is -2.40. The number of anilines is 1. The number of ether oxygens (including phenoxy) is 3. The second-order valence-corrected chi connectivity index (χ2v) is 11.3. The SMILES string of the molecule is COc1ccc(C2CN(C(=O)CCOC(C)(C)O)CC2(C)C(C)O)cc1OC1CN(c2ccc(C)cn2)C1. The lowest BCUT2D eigenvalue weighted by Crippen LogP contribution is -2.54. The van der Waals surface area contributed by atoms with E-state index in [1.54, 1.807) is 18.9 Å². The van der Waals surface area contributed by atoms with E-state index in [9.17, 15) is 15.0 Å². The monoisotopic (exact) mass is 527 g/mol. The highest BCUT2D eigenvalue weighted by molar-refractivity contribution is 5.77. The highest BCUT2D eigenvalue weighted by atomic mass is 16.6. The van der Waals surface area contributed by atoms with Gasteiger partial charge in [0.05, 0.1) is 39.3 Å². The fourth-order valence-electron chi connectivity index (χ4n) is 5.19. The van der Waals surface area contributed by atoms with Gasteiger partial charge in [-0.3, -0.25) is 4.79 Å². The zero-order valence-electron chi connectivity index (χ0n) is 23.3. The average Bonchev–Trinajstić information content (AvgIpc) is 3.20. The van der Waals surface area contributed by atoms with E-state index >= 15 is 0 Å². The molecular formula is C29H41N3O6. The van der Waals surface area contributed by atoms with E-state index in [4.69, 9.17) is 14.2 Å². The molecule has 1 amide bonds. The van der Waals surface area contributed by atoms with Crippen LogP contribution in [0.2, 0.25) is 0 Å². The molecule has 3 atom stereocenters. The number of aliphatic hydroxyl groups excluding tert-OH is 1. The van der Waals surface area contributed by atoms with E-state index in [0.29, 0.717) is 24.6 Å². The van der Waals surface area contributed by atoms with Gasteiger partial charge in [-0.2, -0.15) is 0 Å². The van der Waals surface area contributed by atoms with Gasteiger partial charge in [0.1, 0.15) is 11.9 Å². The van der Waals surface area contributed by atoms with E-state index in [-0.39, 0.29) is 31.0 Å². The first-order valence-electron chi connectivity index (χ1n) is 13.2. The molecule has 2 fully saturated rings. The molecular weight excluding hydrogens is 486 g/mol. The van der Waals surface area contributed by atoms with Crippen LogP contribution in [0.25, 0.3) is 0 Å². The quantitative estimate of drug-likeness (QED) is 0.454. The molecule has 208 valence electrons. The molecule has 9 heteroatoms. The van der Waals surface area contributed by atoms with Crippen molar-refractivity contribution in [1.82, 2.24) is 9.88 Å². The van der Waals surface area contributed by atoms with Gasteiger partial charge in [-0.25, -0.2) is 4.98 Å². The number of hydrogen-bond acceptors (Lipinski definition) is 8. The summed E-state index contributed by atoms with van der Waals surface area (Å²) in [4.78, 5) is 21.4. The first kappa shape index (κ1) is 28.1. The van der Waals surface area contributed by atoms with Crippen molar-refractivity contribution in [3.63, 3.8) is 0 Å². The summed E-state index contributed by atoms with van der Waals surface area (Å²) in [5, 5.41) is 20.5. The number of aryl methyl sites for hydroxylation is 1. The van der Waals surface area contributed by atoms with Crippen LogP contribution in [-0.4, -0.2) is 83.9 Å². The zero-order valence-corrected chi connectivity index (χ0v) is 23.3. The van der Waals surface area contributed by atoms with Gasteiger partial charge in [-0.1, -0.05) is 19.1 Å². The number of likely N-dealkylation sites (tertiary alicyclic amines) is 1. The summed E-state index contributed by atoms with van der Waals surface area (Å²) in [7, 11) is 1.62. The molecule has 3 heterocycles. The molecule has 4 rings (SSSR count). The Hall–Kier alpha value is -2.88. The molecule has 0 aliphatic carbocycles. The smallest absolute Gasteiger partial charge is 0.224 e. The summed E-state index contributed by atoms with van der Waals surface area (Å²) < 4.78 is 17.3. The standard InChI is InChI=1S/C29H41N3O6/c1-19-7-10-26(30-14-19)31-15-22(16-31)38-25-13-21(8-9-24(25)36-6)23-17-32(18-29(23,5)20(2)33)27(34)11-12-37-28(3,4)35/h7-10,13-14,20,22-23,33,35H,11-12,15-18H2,1-6H3. The zero-order chi connectivity index (χ0) is 27.7. The minimum atomic E-state index is -1.28. The molecule has 0 bridgehead atoms. The van der Waals surface area contributed by atoms with Gasteiger partial charge >= 0.3 is 0 Å². The maximum absolute atomic E-state index is 13.0. The number of rotatable bonds is 10.